The molecule has 2 aromatic heterocycles. The summed E-state index contributed by atoms with van der Waals surface area (Å²) in [6.45, 7) is 6.75. The molecular weight excluding hydrogens is 659 g/mol. The van der Waals surface area contributed by atoms with Crippen molar-refractivity contribution in [3.8, 4) is 5.75 Å². The minimum Gasteiger partial charge on any atom is -0.487 e. The maximum Gasteiger partial charge on any atom is 0.407 e. The molecule has 0 bridgehead atoms. The number of carbonyl (C=O) groups excluding carboxylic acids is 1. The monoisotopic (exact) mass is 699 g/mol. The van der Waals surface area contributed by atoms with E-state index < -0.39 is 34.4 Å². The zero-order chi connectivity index (χ0) is 33.8. The van der Waals surface area contributed by atoms with Crippen LogP contribution in [0, 0.1) is 18.8 Å². The summed E-state index contributed by atoms with van der Waals surface area (Å²) in [6.07, 6.45) is -0.446. The van der Waals surface area contributed by atoms with Gasteiger partial charge >= 0.3 is 6.09 Å². The van der Waals surface area contributed by atoms with Gasteiger partial charge in [-0.05, 0) is 67.6 Å². The topological polar surface area (TPSA) is 150 Å². The van der Waals surface area contributed by atoms with Gasteiger partial charge in [0.2, 0.25) is 10.0 Å². The van der Waals surface area contributed by atoms with Gasteiger partial charge in [-0.15, -0.1) is 11.3 Å². The summed E-state index contributed by atoms with van der Waals surface area (Å²) in [7, 11) is -4.02. The van der Waals surface area contributed by atoms with Crippen LogP contribution in [0.4, 0.5) is 4.79 Å². The third-order valence-electron chi connectivity index (χ3n) is 8.46. The van der Waals surface area contributed by atoms with Crippen LogP contribution >= 0.6 is 11.3 Å². The second-order valence-corrected chi connectivity index (χ2v) is 15.6. The number of furan rings is 1. The molecule has 14 heteroatoms. The quantitative estimate of drug-likeness (QED) is 0.186. The Labute approximate surface area is 284 Å². The van der Waals surface area contributed by atoms with Crippen LogP contribution in [0.15, 0.2) is 69.5 Å². The first-order valence-electron chi connectivity index (χ1n) is 16.0. The van der Waals surface area contributed by atoms with E-state index in [4.69, 9.17) is 23.4 Å². The van der Waals surface area contributed by atoms with Gasteiger partial charge in [0.15, 0.2) is 6.29 Å². The van der Waals surface area contributed by atoms with Crippen LogP contribution in [0.1, 0.15) is 36.5 Å². The molecule has 0 unspecified atom stereocenters. The Morgan fingerprint density at radius 3 is 2.71 bits per heavy atom. The van der Waals surface area contributed by atoms with Gasteiger partial charge in [0, 0.05) is 23.9 Å². The Bertz CT molecular complexity index is 1790. The number of hydrogen-bond donors (Lipinski definition) is 2. The van der Waals surface area contributed by atoms with Crippen molar-refractivity contribution < 1.29 is 41.7 Å². The lowest BCUT2D eigenvalue weighted by Gasteiger charge is -2.31. The van der Waals surface area contributed by atoms with E-state index in [1.54, 1.807) is 29.5 Å². The largest absolute Gasteiger partial charge is 0.487 e. The molecule has 12 nitrogen and oxygen atoms in total. The maximum atomic E-state index is 13.9. The van der Waals surface area contributed by atoms with Crippen molar-refractivity contribution in [2.24, 2.45) is 11.8 Å². The van der Waals surface area contributed by atoms with E-state index in [0.717, 1.165) is 22.7 Å². The number of fused-ring (bicyclic) bond motifs is 2. The molecular formula is C34H41N3O9S2. The predicted octanol–water partition coefficient (Wildman–Crippen LogP) is 4.88. The number of benzene rings is 2. The smallest absolute Gasteiger partial charge is 0.407 e. The predicted molar refractivity (Wildman–Crippen MR) is 178 cm³/mol. The van der Waals surface area contributed by atoms with Crippen LogP contribution in [0.5, 0.6) is 5.75 Å². The van der Waals surface area contributed by atoms with Crippen LogP contribution in [0.25, 0.3) is 11.0 Å². The van der Waals surface area contributed by atoms with E-state index in [2.05, 4.69) is 10.3 Å². The Morgan fingerprint density at radius 2 is 1.96 bits per heavy atom. The average Bonchev–Trinajstić information content (AvgIpc) is 3.86. The number of rotatable bonds is 14. The minimum absolute atomic E-state index is 0.0364. The molecule has 6 rings (SSSR count). The Morgan fingerprint density at radius 1 is 1.15 bits per heavy atom. The van der Waals surface area contributed by atoms with Gasteiger partial charge in [0.25, 0.3) is 0 Å². The number of carbonyl (C=O) groups is 1. The SMILES string of the molecule is Cc1nc(COc2ccc(C[C@H](NC(=O)O[C@H]3CO[C@H]4OCC[C@H]43)[C@H](O)CN(CC(C)C)S(=O)(=O)c3ccc4occc4c3)cc2)cs1. The highest BCUT2D eigenvalue weighted by Gasteiger charge is 2.44. The molecule has 258 valence electrons. The number of amides is 1. The summed E-state index contributed by atoms with van der Waals surface area (Å²) in [4.78, 5) is 17.8. The lowest BCUT2D eigenvalue weighted by molar-refractivity contribution is -0.0907. The number of nitrogens with zero attached hydrogens (tertiary/aromatic N) is 2. The minimum atomic E-state index is -4.02. The van der Waals surface area contributed by atoms with Gasteiger partial charge in [-0.1, -0.05) is 26.0 Å². The Kier molecular flexibility index (Phi) is 10.7. The fourth-order valence-corrected chi connectivity index (χ4v) is 8.28. The number of sulfonamides is 1. The van der Waals surface area contributed by atoms with E-state index in [9.17, 15) is 18.3 Å². The van der Waals surface area contributed by atoms with Crippen molar-refractivity contribution in [1.29, 1.82) is 0 Å². The third-order valence-corrected chi connectivity index (χ3v) is 11.1. The number of hydrogen-bond acceptors (Lipinski definition) is 11. The van der Waals surface area contributed by atoms with E-state index in [1.165, 1.54) is 16.6 Å². The van der Waals surface area contributed by atoms with Crippen LogP contribution in [0.3, 0.4) is 0 Å². The molecule has 4 heterocycles. The second-order valence-electron chi connectivity index (χ2n) is 12.6. The molecule has 4 aromatic rings. The lowest BCUT2D eigenvalue weighted by Crippen LogP contribution is -2.51. The van der Waals surface area contributed by atoms with E-state index >= 15 is 0 Å². The summed E-state index contributed by atoms with van der Waals surface area (Å²) in [5.74, 6) is 0.553. The molecule has 2 saturated heterocycles. The molecule has 2 fully saturated rings. The highest BCUT2D eigenvalue weighted by Crippen LogP contribution is 2.33. The second kappa shape index (κ2) is 14.9. The molecule has 0 radical (unpaired) electrons. The van der Waals surface area contributed by atoms with Gasteiger partial charge in [0.05, 0.1) is 53.1 Å². The first-order valence-corrected chi connectivity index (χ1v) is 18.4. The first-order chi connectivity index (χ1) is 23.0. The van der Waals surface area contributed by atoms with Crippen molar-refractivity contribution in [3.05, 3.63) is 76.4 Å². The summed E-state index contributed by atoms with van der Waals surface area (Å²) in [6, 6.07) is 12.8. The van der Waals surface area contributed by atoms with Crippen molar-refractivity contribution in [2.45, 2.75) is 69.7 Å². The summed E-state index contributed by atoms with van der Waals surface area (Å²) in [5.41, 5.74) is 2.22. The van der Waals surface area contributed by atoms with E-state index in [-0.39, 0.29) is 49.1 Å². The number of aliphatic hydroxyl groups is 1. The van der Waals surface area contributed by atoms with E-state index in [0.29, 0.717) is 29.9 Å². The molecule has 2 aromatic carbocycles. The number of alkyl carbamates (subject to hydrolysis) is 1. The van der Waals surface area contributed by atoms with Crippen molar-refractivity contribution >= 4 is 38.4 Å². The van der Waals surface area contributed by atoms with Gasteiger partial charge in [-0.2, -0.15) is 4.31 Å². The lowest BCUT2D eigenvalue weighted by atomic mass is 10.0. The van der Waals surface area contributed by atoms with Gasteiger partial charge in [0.1, 0.15) is 24.0 Å². The molecule has 0 spiro atoms. The number of aryl methyl sites for hydroxylation is 1. The fourth-order valence-electron chi connectivity index (χ4n) is 6.03. The number of ether oxygens (including phenoxy) is 4. The van der Waals surface area contributed by atoms with Crippen LogP contribution < -0.4 is 10.1 Å². The number of aliphatic hydroxyl groups excluding tert-OH is 1. The first kappa shape index (κ1) is 34.3. The average molecular weight is 700 g/mol. The number of nitrogens with one attached hydrogen (secondary N) is 1. The van der Waals surface area contributed by atoms with Crippen molar-refractivity contribution in [2.75, 3.05) is 26.3 Å². The molecule has 48 heavy (non-hydrogen) atoms. The molecule has 2 N–H and O–H groups in total. The summed E-state index contributed by atoms with van der Waals surface area (Å²) in [5, 5.41) is 18.1. The normalized spacial score (nSPS) is 20.7. The number of aromatic nitrogens is 1. The molecule has 2 aliphatic heterocycles. The van der Waals surface area contributed by atoms with E-state index in [1.807, 2.05) is 50.4 Å². The highest BCUT2D eigenvalue weighted by atomic mass is 32.2. The standard InChI is InChI=1S/C34H41N3O9S2/c1-21(2)16-37(48(40,41)27-8-9-31-24(15-27)10-12-42-31)17-30(38)29(36-34(39)46-32-19-45-33-28(32)11-13-43-33)14-23-4-6-26(7-5-23)44-18-25-20-47-22(3)35-25/h4-10,12,15,20-21,28-30,32-33,38H,11,13-14,16-19H2,1-3H3,(H,36,39)/t28-,29-,30+,32-,33+/m0/s1. The van der Waals surface area contributed by atoms with Crippen molar-refractivity contribution in [3.63, 3.8) is 0 Å². The van der Waals surface area contributed by atoms with Crippen LogP contribution in [0.2, 0.25) is 0 Å². The van der Waals surface area contributed by atoms with Gasteiger partial charge < -0.3 is 33.8 Å². The Hall–Kier alpha value is -3.53. The molecule has 1 amide bonds. The van der Waals surface area contributed by atoms with Crippen LogP contribution in [-0.4, -0.2) is 79.7 Å². The summed E-state index contributed by atoms with van der Waals surface area (Å²) < 4.78 is 57.3. The molecule has 0 saturated carbocycles. The molecule has 0 aliphatic carbocycles. The maximum absolute atomic E-state index is 13.9. The molecule has 2 aliphatic rings. The van der Waals surface area contributed by atoms with Crippen molar-refractivity contribution in [1.82, 2.24) is 14.6 Å². The fraction of sp³-hybridized carbons (Fsp3) is 0.471. The third kappa shape index (κ3) is 8.18. The van der Waals surface area contributed by atoms with Crippen LogP contribution in [-0.2, 0) is 37.3 Å². The molecule has 5 atom stereocenters. The zero-order valence-corrected chi connectivity index (χ0v) is 28.7. The summed E-state index contributed by atoms with van der Waals surface area (Å²) >= 11 is 1.56. The zero-order valence-electron chi connectivity index (χ0n) is 27.1. The highest BCUT2D eigenvalue weighted by molar-refractivity contribution is 7.89. The Balaban J connectivity index is 1.19. The van der Waals surface area contributed by atoms with Gasteiger partial charge in [-0.25, -0.2) is 18.2 Å². The van der Waals surface area contributed by atoms with Gasteiger partial charge in [-0.3, -0.25) is 0 Å². The number of thiazole rings is 1.